The third-order valence-electron chi connectivity index (χ3n) is 3.95. The fourth-order valence-corrected chi connectivity index (χ4v) is 3.16. The van der Waals surface area contributed by atoms with Crippen molar-refractivity contribution in [2.24, 2.45) is 0 Å². The van der Waals surface area contributed by atoms with Crippen molar-refractivity contribution in [2.75, 3.05) is 10.2 Å². The molecule has 0 radical (unpaired) electrons. The molecule has 2 heterocycles. The van der Waals surface area contributed by atoms with Gasteiger partial charge in [0.1, 0.15) is 0 Å². The molecule has 4 nitrogen and oxygen atoms in total. The minimum absolute atomic E-state index is 0.0479. The Morgan fingerprint density at radius 3 is 2.73 bits per heavy atom. The molecular formula is C17H18ClN3O. The molecular weight excluding hydrogens is 298 g/mol. The van der Waals surface area contributed by atoms with E-state index in [-0.39, 0.29) is 18.0 Å². The second-order valence-electron chi connectivity index (χ2n) is 5.59. The summed E-state index contributed by atoms with van der Waals surface area (Å²) >= 11 is 5.93. The van der Waals surface area contributed by atoms with Crippen molar-refractivity contribution in [3.05, 3.63) is 53.3 Å². The van der Waals surface area contributed by atoms with Crippen LogP contribution < -0.4 is 10.2 Å². The molecule has 2 atom stereocenters. The summed E-state index contributed by atoms with van der Waals surface area (Å²) in [6, 6.07) is 11.6. The number of hydrogen-bond acceptors (Lipinski definition) is 3. The predicted octanol–water partition coefficient (Wildman–Crippen LogP) is 4.03. The van der Waals surface area contributed by atoms with Gasteiger partial charge in [0.15, 0.2) is 0 Å². The number of nitrogens with one attached hydrogen (secondary N) is 1. The first kappa shape index (κ1) is 14.9. The van der Waals surface area contributed by atoms with Crippen LogP contribution in [0, 0.1) is 0 Å². The molecule has 1 N–H and O–H groups in total. The normalized spacial score (nSPS) is 20.4. The summed E-state index contributed by atoms with van der Waals surface area (Å²) in [5, 5.41) is 4.21. The molecule has 1 amide bonds. The molecule has 1 aromatic heterocycles. The summed E-state index contributed by atoms with van der Waals surface area (Å²) in [6.07, 6.45) is 2.58. The van der Waals surface area contributed by atoms with Crippen LogP contribution in [0.1, 0.15) is 32.0 Å². The third-order valence-corrected chi connectivity index (χ3v) is 4.20. The van der Waals surface area contributed by atoms with Crippen LogP contribution in [0.5, 0.6) is 0 Å². The first-order chi connectivity index (χ1) is 10.6. The molecule has 114 valence electrons. The maximum absolute atomic E-state index is 11.9. The zero-order valence-electron chi connectivity index (χ0n) is 12.6. The highest BCUT2D eigenvalue weighted by Gasteiger charge is 2.33. The Morgan fingerprint density at radius 2 is 2.05 bits per heavy atom. The summed E-state index contributed by atoms with van der Waals surface area (Å²) in [6.45, 7) is 3.66. The molecule has 1 aliphatic heterocycles. The van der Waals surface area contributed by atoms with Crippen LogP contribution in [-0.2, 0) is 4.79 Å². The van der Waals surface area contributed by atoms with Gasteiger partial charge in [0, 0.05) is 29.9 Å². The molecule has 5 heteroatoms. The van der Waals surface area contributed by atoms with E-state index < -0.39 is 0 Å². The molecule has 0 saturated heterocycles. The number of benzene rings is 1. The van der Waals surface area contributed by atoms with Gasteiger partial charge in [-0.1, -0.05) is 11.6 Å². The van der Waals surface area contributed by atoms with Crippen LogP contribution in [0.4, 0.5) is 11.4 Å². The second kappa shape index (κ2) is 5.97. The lowest BCUT2D eigenvalue weighted by molar-refractivity contribution is -0.117. The number of pyridine rings is 1. The number of carbonyl (C=O) groups is 1. The number of rotatable bonds is 2. The monoisotopic (exact) mass is 315 g/mol. The molecule has 22 heavy (non-hydrogen) atoms. The van der Waals surface area contributed by atoms with Crippen LogP contribution in [-0.4, -0.2) is 16.9 Å². The highest BCUT2D eigenvalue weighted by Crippen LogP contribution is 2.37. The maximum Gasteiger partial charge on any atom is 0.224 e. The van der Waals surface area contributed by atoms with Crippen molar-refractivity contribution in [3.8, 4) is 0 Å². The van der Waals surface area contributed by atoms with Crippen LogP contribution in [0.3, 0.4) is 0 Å². The zero-order valence-corrected chi connectivity index (χ0v) is 13.3. The van der Waals surface area contributed by atoms with Crippen molar-refractivity contribution in [1.29, 1.82) is 0 Å². The van der Waals surface area contributed by atoms with E-state index in [1.54, 1.807) is 13.1 Å². The van der Waals surface area contributed by atoms with E-state index >= 15 is 0 Å². The number of hydrogen-bond donors (Lipinski definition) is 1. The summed E-state index contributed by atoms with van der Waals surface area (Å²) in [5.74, 6) is 0.0479. The smallest absolute Gasteiger partial charge is 0.224 e. The first-order valence-electron chi connectivity index (χ1n) is 7.33. The number of nitrogens with zero attached hydrogens (tertiary/aromatic N) is 2. The number of anilines is 2. The number of fused-ring (bicyclic) bond motifs is 1. The van der Waals surface area contributed by atoms with Crippen molar-refractivity contribution >= 4 is 28.9 Å². The molecule has 1 aliphatic rings. The molecule has 0 spiro atoms. The van der Waals surface area contributed by atoms with E-state index in [1.807, 2.05) is 41.3 Å². The molecule has 2 unspecified atom stereocenters. The average molecular weight is 316 g/mol. The SMILES string of the molecule is CC(=O)N1c2cccnc2C(Nc2ccc(Cl)cc2)CC1C. The van der Waals surface area contributed by atoms with E-state index in [2.05, 4.69) is 17.2 Å². The average Bonchev–Trinajstić information content (AvgIpc) is 2.49. The fourth-order valence-electron chi connectivity index (χ4n) is 3.03. The predicted molar refractivity (Wildman–Crippen MR) is 89.3 cm³/mol. The van der Waals surface area contributed by atoms with Crippen molar-refractivity contribution in [2.45, 2.75) is 32.4 Å². The second-order valence-corrected chi connectivity index (χ2v) is 6.02. The maximum atomic E-state index is 11.9. The molecule has 3 rings (SSSR count). The Morgan fingerprint density at radius 1 is 1.32 bits per heavy atom. The van der Waals surface area contributed by atoms with Gasteiger partial charge in [-0.05, 0) is 49.7 Å². The molecule has 0 bridgehead atoms. The highest BCUT2D eigenvalue weighted by molar-refractivity contribution is 6.30. The number of aromatic nitrogens is 1. The number of halogens is 1. The summed E-state index contributed by atoms with van der Waals surface area (Å²) < 4.78 is 0. The summed E-state index contributed by atoms with van der Waals surface area (Å²) in [7, 11) is 0. The Kier molecular flexibility index (Phi) is 4.03. The van der Waals surface area contributed by atoms with E-state index in [9.17, 15) is 4.79 Å². The van der Waals surface area contributed by atoms with Crippen molar-refractivity contribution < 1.29 is 4.79 Å². The van der Waals surface area contributed by atoms with E-state index in [1.165, 1.54) is 0 Å². The van der Waals surface area contributed by atoms with Gasteiger partial charge in [0.05, 0.1) is 17.4 Å². The Balaban J connectivity index is 1.94. The van der Waals surface area contributed by atoms with Gasteiger partial charge in [-0.15, -0.1) is 0 Å². The van der Waals surface area contributed by atoms with Gasteiger partial charge in [-0.2, -0.15) is 0 Å². The minimum Gasteiger partial charge on any atom is -0.376 e. The van der Waals surface area contributed by atoms with Gasteiger partial charge in [-0.25, -0.2) is 0 Å². The van der Waals surface area contributed by atoms with Gasteiger partial charge in [-0.3, -0.25) is 9.78 Å². The lowest BCUT2D eigenvalue weighted by Gasteiger charge is -2.38. The van der Waals surface area contributed by atoms with Crippen LogP contribution in [0.15, 0.2) is 42.6 Å². The van der Waals surface area contributed by atoms with Crippen LogP contribution in [0.25, 0.3) is 0 Å². The largest absolute Gasteiger partial charge is 0.376 e. The summed E-state index contributed by atoms with van der Waals surface area (Å²) in [4.78, 5) is 18.3. The molecule has 0 aliphatic carbocycles. The number of carbonyl (C=O) groups excluding carboxylic acids is 1. The van der Waals surface area contributed by atoms with Gasteiger partial charge in [0.2, 0.25) is 5.91 Å². The Bertz CT molecular complexity index is 687. The van der Waals surface area contributed by atoms with Crippen LogP contribution in [0.2, 0.25) is 5.02 Å². The molecule has 0 saturated carbocycles. The van der Waals surface area contributed by atoms with E-state index in [0.29, 0.717) is 5.02 Å². The fraction of sp³-hybridized carbons (Fsp3) is 0.294. The van der Waals surface area contributed by atoms with E-state index in [4.69, 9.17) is 11.6 Å². The quantitative estimate of drug-likeness (QED) is 0.910. The Labute approximate surface area is 135 Å². The van der Waals surface area contributed by atoms with Gasteiger partial charge in [0.25, 0.3) is 0 Å². The molecule has 2 aromatic rings. The first-order valence-corrected chi connectivity index (χ1v) is 7.71. The lowest BCUT2D eigenvalue weighted by atomic mass is 9.95. The molecule has 0 fully saturated rings. The summed E-state index contributed by atoms with van der Waals surface area (Å²) in [5.41, 5.74) is 2.79. The topological polar surface area (TPSA) is 45.2 Å². The standard InChI is InChI=1S/C17H18ClN3O/c1-11-10-15(20-14-7-5-13(18)6-8-14)17-16(4-3-9-19-17)21(11)12(2)22/h3-9,11,15,20H,10H2,1-2H3. The molecule has 1 aromatic carbocycles. The van der Waals surface area contributed by atoms with Crippen molar-refractivity contribution in [1.82, 2.24) is 4.98 Å². The third kappa shape index (κ3) is 2.79. The van der Waals surface area contributed by atoms with Gasteiger partial charge >= 0.3 is 0 Å². The minimum atomic E-state index is 0.0479. The lowest BCUT2D eigenvalue weighted by Crippen LogP contribution is -2.43. The zero-order chi connectivity index (χ0) is 15.7. The van der Waals surface area contributed by atoms with E-state index in [0.717, 1.165) is 23.5 Å². The van der Waals surface area contributed by atoms with Crippen LogP contribution >= 0.6 is 11.6 Å². The number of amides is 1. The van der Waals surface area contributed by atoms with Gasteiger partial charge < -0.3 is 10.2 Å². The Hall–Kier alpha value is -2.07. The highest BCUT2D eigenvalue weighted by atomic mass is 35.5. The van der Waals surface area contributed by atoms with Crippen molar-refractivity contribution in [3.63, 3.8) is 0 Å².